The Morgan fingerprint density at radius 3 is 1.73 bits per heavy atom. The molecule has 0 bridgehead atoms. The lowest BCUT2D eigenvalue weighted by Gasteiger charge is -2.06. The third kappa shape index (κ3) is 4.37. The van der Waals surface area contributed by atoms with Gasteiger partial charge in [-0.05, 0) is 48.9 Å². The van der Waals surface area contributed by atoms with Gasteiger partial charge in [0.15, 0.2) is 0 Å². The SMILES string of the molecule is CCCCc1cc(N)cc(CCCC)c1. The summed E-state index contributed by atoms with van der Waals surface area (Å²) in [6, 6.07) is 6.55. The quantitative estimate of drug-likeness (QED) is 0.699. The fraction of sp³-hybridized carbons (Fsp3) is 0.571. The minimum Gasteiger partial charge on any atom is -0.399 e. The zero-order valence-electron chi connectivity index (χ0n) is 10.1. The van der Waals surface area contributed by atoms with Gasteiger partial charge in [-0.1, -0.05) is 32.8 Å². The van der Waals surface area contributed by atoms with Gasteiger partial charge in [-0.2, -0.15) is 0 Å². The van der Waals surface area contributed by atoms with Crippen molar-refractivity contribution in [3.8, 4) is 0 Å². The van der Waals surface area contributed by atoms with E-state index in [-0.39, 0.29) is 0 Å². The van der Waals surface area contributed by atoms with Crippen molar-refractivity contribution in [2.24, 2.45) is 0 Å². The first kappa shape index (κ1) is 12.1. The first-order valence-corrected chi connectivity index (χ1v) is 6.14. The van der Waals surface area contributed by atoms with Gasteiger partial charge in [-0.15, -0.1) is 0 Å². The van der Waals surface area contributed by atoms with Gasteiger partial charge in [0.2, 0.25) is 0 Å². The van der Waals surface area contributed by atoms with Gasteiger partial charge in [0, 0.05) is 5.69 Å². The molecule has 0 heterocycles. The van der Waals surface area contributed by atoms with E-state index in [1.165, 1.54) is 49.7 Å². The van der Waals surface area contributed by atoms with E-state index < -0.39 is 0 Å². The van der Waals surface area contributed by atoms with Crippen molar-refractivity contribution >= 4 is 5.69 Å². The lowest BCUT2D eigenvalue weighted by Crippen LogP contribution is -1.94. The Balaban J connectivity index is 2.66. The molecule has 1 aromatic carbocycles. The number of hydrogen-bond acceptors (Lipinski definition) is 1. The van der Waals surface area contributed by atoms with Crippen LogP contribution in [0.4, 0.5) is 5.69 Å². The number of hydrogen-bond donors (Lipinski definition) is 1. The van der Waals surface area contributed by atoms with E-state index in [1.54, 1.807) is 0 Å². The van der Waals surface area contributed by atoms with E-state index in [0.717, 1.165) is 5.69 Å². The monoisotopic (exact) mass is 205 g/mol. The van der Waals surface area contributed by atoms with Crippen molar-refractivity contribution in [3.63, 3.8) is 0 Å². The van der Waals surface area contributed by atoms with Crippen molar-refractivity contribution in [3.05, 3.63) is 29.3 Å². The van der Waals surface area contributed by atoms with Crippen molar-refractivity contribution < 1.29 is 0 Å². The van der Waals surface area contributed by atoms with Crippen LogP contribution in [0.5, 0.6) is 0 Å². The molecule has 0 aliphatic heterocycles. The topological polar surface area (TPSA) is 26.0 Å². The molecule has 84 valence electrons. The maximum absolute atomic E-state index is 5.90. The first-order chi connectivity index (χ1) is 7.26. The van der Waals surface area contributed by atoms with Crippen molar-refractivity contribution in [1.82, 2.24) is 0 Å². The molecule has 15 heavy (non-hydrogen) atoms. The van der Waals surface area contributed by atoms with Gasteiger partial charge in [0.25, 0.3) is 0 Å². The molecule has 0 aromatic heterocycles. The zero-order valence-corrected chi connectivity index (χ0v) is 10.1. The molecule has 1 rings (SSSR count). The average Bonchev–Trinajstić information content (AvgIpc) is 2.23. The Bertz CT molecular complexity index is 265. The summed E-state index contributed by atoms with van der Waals surface area (Å²) in [7, 11) is 0. The number of aryl methyl sites for hydroxylation is 2. The second-order valence-corrected chi connectivity index (χ2v) is 4.29. The summed E-state index contributed by atoms with van der Waals surface area (Å²) in [6.45, 7) is 4.45. The average molecular weight is 205 g/mol. The fourth-order valence-electron chi connectivity index (χ4n) is 1.84. The molecule has 0 atom stereocenters. The van der Waals surface area contributed by atoms with E-state index in [2.05, 4.69) is 32.0 Å². The molecule has 0 amide bonds. The molecule has 1 nitrogen and oxygen atoms in total. The van der Waals surface area contributed by atoms with E-state index in [1.807, 2.05) is 0 Å². The van der Waals surface area contributed by atoms with Crippen LogP contribution >= 0.6 is 0 Å². The highest BCUT2D eigenvalue weighted by molar-refractivity contribution is 5.44. The van der Waals surface area contributed by atoms with Crippen LogP contribution < -0.4 is 5.73 Å². The number of unbranched alkanes of at least 4 members (excludes halogenated alkanes) is 2. The Kier molecular flexibility index (Phi) is 5.23. The van der Waals surface area contributed by atoms with E-state index in [9.17, 15) is 0 Å². The van der Waals surface area contributed by atoms with E-state index in [4.69, 9.17) is 5.73 Å². The molecule has 0 radical (unpaired) electrons. The predicted octanol–water partition coefficient (Wildman–Crippen LogP) is 3.95. The van der Waals surface area contributed by atoms with E-state index >= 15 is 0 Å². The Morgan fingerprint density at radius 2 is 1.33 bits per heavy atom. The Morgan fingerprint density at radius 1 is 0.867 bits per heavy atom. The highest BCUT2D eigenvalue weighted by Gasteiger charge is 1.99. The number of nitrogens with two attached hydrogens (primary N) is 1. The van der Waals surface area contributed by atoms with Gasteiger partial charge in [0.05, 0.1) is 0 Å². The fourth-order valence-corrected chi connectivity index (χ4v) is 1.84. The Hall–Kier alpha value is -0.980. The van der Waals surface area contributed by atoms with Gasteiger partial charge in [-0.25, -0.2) is 0 Å². The maximum Gasteiger partial charge on any atom is 0.0319 e. The minimum atomic E-state index is 0.926. The molecule has 0 aliphatic rings. The lowest BCUT2D eigenvalue weighted by molar-refractivity contribution is 0.781. The maximum atomic E-state index is 5.90. The van der Waals surface area contributed by atoms with Crippen LogP contribution in [-0.4, -0.2) is 0 Å². The Labute approximate surface area is 93.7 Å². The normalized spacial score (nSPS) is 10.5. The molecule has 1 heteroatoms. The minimum absolute atomic E-state index is 0.926. The molecular weight excluding hydrogens is 182 g/mol. The van der Waals surface area contributed by atoms with Gasteiger partial charge >= 0.3 is 0 Å². The van der Waals surface area contributed by atoms with Crippen molar-refractivity contribution in [1.29, 1.82) is 0 Å². The van der Waals surface area contributed by atoms with Crippen LogP contribution in [0.15, 0.2) is 18.2 Å². The summed E-state index contributed by atoms with van der Waals surface area (Å²) in [5.74, 6) is 0. The highest BCUT2D eigenvalue weighted by atomic mass is 14.5. The van der Waals surface area contributed by atoms with Crippen LogP contribution in [0.2, 0.25) is 0 Å². The summed E-state index contributed by atoms with van der Waals surface area (Å²) in [4.78, 5) is 0. The highest BCUT2D eigenvalue weighted by Crippen LogP contribution is 2.16. The van der Waals surface area contributed by atoms with Crippen molar-refractivity contribution in [2.75, 3.05) is 5.73 Å². The standard InChI is InChI=1S/C14H23N/c1-3-5-7-12-9-13(8-6-4-2)11-14(15)10-12/h9-11H,3-8,15H2,1-2H3. The number of anilines is 1. The third-order valence-corrected chi connectivity index (χ3v) is 2.71. The molecule has 0 spiro atoms. The van der Waals surface area contributed by atoms with Crippen molar-refractivity contribution in [2.45, 2.75) is 52.4 Å². The number of benzene rings is 1. The lowest BCUT2D eigenvalue weighted by atomic mass is 10.0. The second kappa shape index (κ2) is 6.49. The molecule has 0 aliphatic carbocycles. The second-order valence-electron chi connectivity index (χ2n) is 4.29. The van der Waals surface area contributed by atoms with Crippen LogP contribution in [0.3, 0.4) is 0 Å². The van der Waals surface area contributed by atoms with Crippen LogP contribution in [0, 0.1) is 0 Å². The van der Waals surface area contributed by atoms with E-state index in [0.29, 0.717) is 0 Å². The molecule has 1 aromatic rings. The van der Waals surface area contributed by atoms with Crippen LogP contribution in [-0.2, 0) is 12.8 Å². The van der Waals surface area contributed by atoms with Crippen LogP contribution in [0.25, 0.3) is 0 Å². The molecular formula is C14H23N. The molecule has 2 N–H and O–H groups in total. The van der Waals surface area contributed by atoms with Gasteiger partial charge in [-0.3, -0.25) is 0 Å². The smallest absolute Gasteiger partial charge is 0.0319 e. The summed E-state index contributed by atoms with van der Waals surface area (Å²) < 4.78 is 0. The summed E-state index contributed by atoms with van der Waals surface area (Å²) in [5, 5.41) is 0. The molecule has 0 saturated heterocycles. The first-order valence-electron chi connectivity index (χ1n) is 6.14. The summed E-state index contributed by atoms with van der Waals surface area (Å²) in [6.07, 6.45) is 7.35. The third-order valence-electron chi connectivity index (χ3n) is 2.71. The largest absolute Gasteiger partial charge is 0.399 e. The zero-order chi connectivity index (χ0) is 11.1. The van der Waals surface area contributed by atoms with Gasteiger partial charge < -0.3 is 5.73 Å². The predicted molar refractivity (Wildman–Crippen MR) is 68.1 cm³/mol. The molecule has 0 fully saturated rings. The molecule has 0 unspecified atom stereocenters. The van der Waals surface area contributed by atoms with Crippen LogP contribution in [0.1, 0.15) is 50.7 Å². The number of rotatable bonds is 6. The number of nitrogen functional groups attached to an aromatic ring is 1. The summed E-state index contributed by atoms with van der Waals surface area (Å²) >= 11 is 0. The molecule has 0 saturated carbocycles. The summed E-state index contributed by atoms with van der Waals surface area (Å²) in [5.41, 5.74) is 9.64. The van der Waals surface area contributed by atoms with Gasteiger partial charge in [0.1, 0.15) is 0 Å².